The van der Waals surface area contributed by atoms with Crippen molar-refractivity contribution in [2.24, 2.45) is 5.73 Å². The fourth-order valence-electron chi connectivity index (χ4n) is 0.274. The van der Waals surface area contributed by atoms with E-state index in [1.54, 1.807) is 0 Å². The largest absolute Gasteiger partial charge is 0.421 e. The van der Waals surface area contributed by atoms with Gasteiger partial charge in [0.05, 0.1) is 6.61 Å². The second-order valence-corrected chi connectivity index (χ2v) is 2.12. The first kappa shape index (κ1) is 11.5. The highest BCUT2D eigenvalue weighted by molar-refractivity contribution is 6.32. The maximum atomic E-state index is 10.6. The highest BCUT2D eigenvalue weighted by Crippen LogP contribution is 1.88. The Hall–Kier alpha value is -1.47. The molecule has 74 valence electrons. The molecule has 1 unspecified atom stereocenters. The average molecular weight is 191 g/mol. The lowest BCUT2D eigenvalue weighted by molar-refractivity contribution is -0.258. The Morgan fingerprint density at radius 1 is 1.38 bits per heavy atom. The number of aliphatic hydroxyl groups excluding tert-OH is 1. The van der Waals surface area contributed by atoms with Gasteiger partial charge < -0.3 is 10.8 Å². The van der Waals surface area contributed by atoms with Crippen molar-refractivity contribution in [3.8, 4) is 0 Å². The molecule has 0 amide bonds. The van der Waals surface area contributed by atoms with Gasteiger partial charge in [-0.15, -0.1) is 0 Å². The van der Waals surface area contributed by atoms with Crippen LogP contribution < -0.4 is 5.73 Å². The van der Waals surface area contributed by atoms with Crippen LogP contribution in [0.2, 0.25) is 0 Å². The normalized spacial score (nSPS) is 11.6. The molecule has 7 nitrogen and oxygen atoms in total. The molecule has 0 aromatic carbocycles. The number of ketones is 1. The van der Waals surface area contributed by atoms with Crippen LogP contribution in [-0.2, 0) is 24.2 Å². The SMILES string of the molecule is CC(=O)C(=O)OOC(=O)C(N)CO. The number of aliphatic hydroxyl groups is 1. The van der Waals surface area contributed by atoms with Crippen LogP contribution in [0.25, 0.3) is 0 Å². The molecule has 0 aliphatic heterocycles. The van der Waals surface area contributed by atoms with E-state index in [0.29, 0.717) is 0 Å². The number of rotatable bonds is 3. The number of nitrogens with two attached hydrogens (primary N) is 1. The van der Waals surface area contributed by atoms with Gasteiger partial charge in [0.1, 0.15) is 6.04 Å². The quantitative estimate of drug-likeness (QED) is 0.298. The summed E-state index contributed by atoms with van der Waals surface area (Å²) < 4.78 is 0. The van der Waals surface area contributed by atoms with Crippen LogP contribution in [0.3, 0.4) is 0 Å². The van der Waals surface area contributed by atoms with Gasteiger partial charge in [0.2, 0.25) is 5.78 Å². The Labute approximate surface area is 73.3 Å². The van der Waals surface area contributed by atoms with Gasteiger partial charge in [0.15, 0.2) is 0 Å². The second-order valence-electron chi connectivity index (χ2n) is 2.12. The van der Waals surface area contributed by atoms with Crippen molar-refractivity contribution in [1.82, 2.24) is 0 Å². The van der Waals surface area contributed by atoms with E-state index in [4.69, 9.17) is 10.8 Å². The molecule has 0 saturated heterocycles. The third kappa shape index (κ3) is 4.19. The van der Waals surface area contributed by atoms with E-state index >= 15 is 0 Å². The zero-order chi connectivity index (χ0) is 10.4. The highest BCUT2D eigenvalue weighted by Gasteiger charge is 2.18. The zero-order valence-electron chi connectivity index (χ0n) is 6.85. The number of hydrogen-bond donors (Lipinski definition) is 2. The van der Waals surface area contributed by atoms with Gasteiger partial charge in [-0.3, -0.25) is 4.79 Å². The molecule has 13 heavy (non-hydrogen) atoms. The first-order valence-electron chi connectivity index (χ1n) is 3.28. The van der Waals surface area contributed by atoms with Crippen LogP contribution in [0.4, 0.5) is 0 Å². The summed E-state index contributed by atoms with van der Waals surface area (Å²) in [5.74, 6) is -3.35. The summed E-state index contributed by atoms with van der Waals surface area (Å²) in [6.07, 6.45) is 0. The molecule has 0 aliphatic rings. The van der Waals surface area contributed by atoms with Crippen molar-refractivity contribution >= 4 is 17.7 Å². The van der Waals surface area contributed by atoms with Gasteiger partial charge in [-0.25, -0.2) is 19.4 Å². The summed E-state index contributed by atoms with van der Waals surface area (Å²) in [5.41, 5.74) is 4.98. The number of carbonyl (C=O) groups is 3. The zero-order valence-corrected chi connectivity index (χ0v) is 6.85. The van der Waals surface area contributed by atoms with Crippen molar-refractivity contribution in [1.29, 1.82) is 0 Å². The molecule has 0 bridgehead atoms. The second kappa shape index (κ2) is 5.22. The Morgan fingerprint density at radius 3 is 2.31 bits per heavy atom. The lowest BCUT2D eigenvalue weighted by Gasteiger charge is -2.04. The maximum absolute atomic E-state index is 10.6. The topological polar surface area (TPSA) is 116 Å². The molecule has 0 rings (SSSR count). The molecule has 0 spiro atoms. The first-order valence-corrected chi connectivity index (χ1v) is 3.28. The minimum absolute atomic E-state index is 0.642. The molecule has 0 aromatic rings. The van der Waals surface area contributed by atoms with E-state index in [-0.39, 0.29) is 0 Å². The number of carbonyl (C=O) groups excluding carboxylic acids is 3. The van der Waals surface area contributed by atoms with Crippen molar-refractivity contribution in [3.63, 3.8) is 0 Å². The molecule has 0 fully saturated rings. The first-order chi connectivity index (χ1) is 5.99. The van der Waals surface area contributed by atoms with Crippen molar-refractivity contribution in [3.05, 3.63) is 0 Å². The lowest BCUT2D eigenvalue weighted by Crippen LogP contribution is -2.36. The van der Waals surface area contributed by atoms with Gasteiger partial charge in [-0.05, 0) is 0 Å². The Balaban J connectivity index is 3.83. The summed E-state index contributed by atoms with van der Waals surface area (Å²) in [4.78, 5) is 38.8. The molecule has 0 heterocycles. The van der Waals surface area contributed by atoms with Gasteiger partial charge in [-0.2, -0.15) is 0 Å². The third-order valence-electron chi connectivity index (χ3n) is 0.986. The van der Waals surface area contributed by atoms with Gasteiger partial charge >= 0.3 is 11.9 Å². The van der Waals surface area contributed by atoms with Crippen LogP contribution in [0.15, 0.2) is 0 Å². The van der Waals surface area contributed by atoms with Crippen LogP contribution in [0, 0.1) is 0 Å². The molecule has 7 heteroatoms. The molecular weight excluding hydrogens is 182 g/mol. The fourth-order valence-corrected chi connectivity index (χ4v) is 0.274. The van der Waals surface area contributed by atoms with Gasteiger partial charge in [-0.1, -0.05) is 0 Å². The molecule has 0 saturated carbocycles. The molecule has 3 N–H and O–H groups in total. The molecule has 0 aromatic heterocycles. The maximum Gasteiger partial charge on any atom is 0.421 e. The summed E-state index contributed by atoms with van der Waals surface area (Å²) in [7, 11) is 0. The van der Waals surface area contributed by atoms with Gasteiger partial charge in [0, 0.05) is 6.92 Å². The van der Waals surface area contributed by atoms with Crippen LogP contribution in [0.1, 0.15) is 6.92 Å². The third-order valence-corrected chi connectivity index (χ3v) is 0.986. The van der Waals surface area contributed by atoms with E-state index in [2.05, 4.69) is 9.78 Å². The monoisotopic (exact) mass is 191 g/mol. The van der Waals surface area contributed by atoms with Crippen molar-refractivity contribution < 1.29 is 29.3 Å². The van der Waals surface area contributed by atoms with E-state index in [1.807, 2.05) is 0 Å². The Morgan fingerprint density at radius 2 is 1.92 bits per heavy atom. The van der Waals surface area contributed by atoms with Crippen LogP contribution in [-0.4, -0.2) is 35.5 Å². The molecule has 1 atom stereocenters. The van der Waals surface area contributed by atoms with E-state index in [9.17, 15) is 14.4 Å². The summed E-state index contributed by atoms with van der Waals surface area (Å²) in [5, 5.41) is 8.35. The Bertz CT molecular complexity index is 225. The minimum Gasteiger partial charge on any atom is -0.394 e. The number of hydrogen-bond acceptors (Lipinski definition) is 7. The molecular formula is C6H9NO6. The van der Waals surface area contributed by atoms with E-state index in [0.717, 1.165) is 6.92 Å². The van der Waals surface area contributed by atoms with E-state index in [1.165, 1.54) is 0 Å². The van der Waals surface area contributed by atoms with Gasteiger partial charge in [0.25, 0.3) is 0 Å². The minimum atomic E-state index is -1.31. The summed E-state index contributed by atoms with van der Waals surface area (Å²) in [6.45, 7) is 0.304. The Kier molecular flexibility index (Phi) is 4.63. The van der Waals surface area contributed by atoms with E-state index < -0.39 is 30.4 Å². The van der Waals surface area contributed by atoms with Crippen molar-refractivity contribution in [2.75, 3.05) is 6.61 Å². The smallest absolute Gasteiger partial charge is 0.394 e. The summed E-state index contributed by atoms with van der Waals surface area (Å²) in [6, 6.07) is -1.29. The van der Waals surface area contributed by atoms with Crippen LogP contribution >= 0.6 is 0 Å². The van der Waals surface area contributed by atoms with Crippen LogP contribution in [0.5, 0.6) is 0 Å². The van der Waals surface area contributed by atoms with Crippen molar-refractivity contribution in [2.45, 2.75) is 13.0 Å². The summed E-state index contributed by atoms with van der Waals surface area (Å²) >= 11 is 0. The molecule has 0 aliphatic carbocycles. The average Bonchev–Trinajstić information content (AvgIpc) is 2.11. The number of Topliss-reactive ketones (excluding diaryl/α,β-unsaturated/α-hetero) is 1. The fraction of sp³-hybridized carbons (Fsp3) is 0.500. The standard InChI is InChI=1S/C6H9NO6/c1-3(9)5(10)12-13-6(11)4(7)2-8/h4,8H,2,7H2,1H3. The molecule has 0 radical (unpaired) electrons. The predicted octanol–water partition coefficient (Wildman–Crippen LogP) is -2.10. The predicted molar refractivity (Wildman–Crippen MR) is 37.9 cm³/mol. The lowest BCUT2D eigenvalue weighted by atomic mass is 10.3. The highest BCUT2D eigenvalue weighted by atomic mass is 17.2.